The van der Waals surface area contributed by atoms with Crippen molar-refractivity contribution in [1.29, 1.82) is 5.26 Å². The normalized spacial score (nSPS) is 18.2. The Morgan fingerprint density at radius 2 is 1.77 bits per heavy atom. The molecule has 1 aromatic heterocycles. The van der Waals surface area contributed by atoms with Gasteiger partial charge in [0, 0.05) is 44.9 Å². The molecule has 1 atom stereocenters. The number of anilines is 2. The Morgan fingerprint density at radius 1 is 1.00 bits per heavy atom. The lowest BCUT2D eigenvalue weighted by atomic mass is 9.89. The van der Waals surface area contributed by atoms with Gasteiger partial charge in [-0.1, -0.05) is 13.0 Å². The summed E-state index contributed by atoms with van der Waals surface area (Å²) in [7, 11) is -2.63. The molecule has 61 heavy (non-hydrogen) atoms. The molecule has 1 unspecified atom stereocenters. The van der Waals surface area contributed by atoms with Gasteiger partial charge in [-0.2, -0.15) is 18.0 Å². The molecule has 3 aliphatic heterocycles. The van der Waals surface area contributed by atoms with Crippen LogP contribution in [0.1, 0.15) is 62.5 Å². The Kier molecular flexibility index (Phi) is 13.3. The maximum absolute atomic E-state index is 15.2. The van der Waals surface area contributed by atoms with E-state index in [0.29, 0.717) is 80.9 Å². The fraction of sp³-hybridized carbons (Fsp3) is 0.429. The van der Waals surface area contributed by atoms with E-state index in [1.807, 2.05) is 11.0 Å². The van der Waals surface area contributed by atoms with Crippen molar-refractivity contribution in [2.45, 2.75) is 57.4 Å². The minimum absolute atomic E-state index is 0.0185. The number of likely N-dealkylation sites (tertiary alicyclic amines) is 2. The summed E-state index contributed by atoms with van der Waals surface area (Å²) in [5.41, 5.74) is 1.55. The molecule has 3 saturated heterocycles. The molecule has 3 amide bonds. The van der Waals surface area contributed by atoms with Gasteiger partial charge in [0.2, 0.25) is 23.6 Å². The molecular formula is C42H47F2N9O7S. The first-order chi connectivity index (χ1) is 29.3. The molecule has 7 rings (SSSR count). The number of piperidine rings is 3. The molecule has 322 valence electrons. The number of hydrogen-bond donors (Lipinski definition) is 3. The molecular weight excluding hydrogens is 813 g/mol. The second-order valence-corrected chi connectivity index (χ2v) is 17.2. The van der Waals surface area contributed by atoms with Crippen LogP contribution in [0.25, 0.3) is 11.0 Å². The van der Waals surface area contributed by atoms with Crippen molar-refractivity contribution in [3.8, 4) is 23.4 Å². The summed E-state index contributed by atoms with van der Waals surface area (Å²) in [6, 6.07) is 13.0. The maximum Gasteiger partial charge on any atom is 0.301 e. The van der Waals surface area contributed by atoms with E-state index in [1.165, 1.54) is 31.4 Å². The summed E-state index contributed by atoms with van der Waals surface area (Å²) in [5, 5.41) is 15.2. The summed E-state index contributed by atoms with van der Waals surface area (Å²) < 4.78 is 70.5. The average Bonchev–Trinajstić information content (AvgIpc) is 3.25. The second kappa shape index (κ2) is 18.7. The van der Waals surface area contributed by atoms with E-state index >= 15 is 4.39 Å². The molecule has 3 N–H and O–H groups in total. The third-order valence-corrected chi connectivity index (χ3v) is 13.0. The van der Waals surface area contributed by atoms with Crippen LogP contribution in [-0.4, -0.2) is 109 Å². The quantitative estimate of drug-likeness (QED) is 0.145. The van der Waals surface area contributed by atoms with Crippen molar-refractivity contribution < 1.29 is 41.1 Å². The molecule has 3 aromatic carbocycles. The highest BCUT2D eigenvalue weighted by Crippen LogP contribution is 2.35. The van der Waals surface area contributed by atoms with Crippen molar-refractivity contribution in [2.75, 3.05) is 63.0 Å². The molecule has 19 heteroatoms. The minimum atomic E-state index is -3.99. The number of imide groups is 1. The molecule has 4 aromatic rings. The number of carbonyl (C=O) groups excluding carboxylic acids is 3. The fourth-order valence-corrected chi connectivity index (χ4v) is 8.63. The van der Waals surface area contributed by atoms with Crippen molar-refractivity contribution in [3.05, 3.63) is 77.5 Å². The summed E-state index contributed by atoms with van der Waals surface area (Å²) >= 11 is 0. The van der Waals surface area contributed by atoms with Gasteiger partial charge in [-0.3, -0.25) is 29.3 Å². The highest BCUT2D eigenvalue weighted by Gasteiger charge is 2.30. The lowest BCUT2D eigenvalue weighted by molar-refractivity contribution is -0.135. The van der Waals surface area contributed by atoms with Crippen LogP contribution in [-0.2, 0) is 24.6 Å². The zero-order valence-electron chi connectivity index (χ0n) is 33.8. The monoisotopic (exact) mass is 859 g/mol. The number of benzene rings is 3. The molecule has 3 aliphatic rings. The summed E-state index contributed by atoms with van der Waals surface area (Å²) in [6.45, 7) is 5.02. The van der Waals surface area contributed by atoms with Crippen LogP contribution < -0.4 is 24.8 Å². The van der Waals surface area contributed by atoms with E-state index in [2.05, 4.69) is 30.2 Å². The largest absolute Gasteiger partial charge is 0.476 e. The predicted molar refractivity (Wildman–Crippen MR) is 221 cm³/mol. The minimum Gasteiger partial charge on any atom is -0.476 e. The van der Waals surface area contributed by atoms with Gasteiger partial charge in [-0.05, 0) is 99.0 Å². The number of hydrogen-bond acceptors (Lipinski definition) is 12. The van der Waals surface area contributed by atoms with Crippen molar-refractivity contribution in [3.63, 3.8) is 0 Å². The van der Waals surface area contributed by atoms with Gasteiger partial charge in [0.1, 0.15) is 29.2 Å². The van der Waals surface area contributed by atoms with Crippen molar-refractivity contribution >= 4 is 50.3 Å². The number of fused-ring (bicyclic) bond motifs is 1. The van der Waals surface area contributed by atoms with Gasteiger partial charge in [0.25, 0.3) is 0 Å². The van der Waals surface area contributed by atoms with Crippen LogP contribution >= 0.6 is 0 Å². The van der Waals surface area contributed by atoms with Crippen LogP contribution in [0.2, 0.25) is 0 Å². The predicted octanol–water partition coefficient (Wildman–Crippen LogP) is 4.89. The van der Waals surface area contributed by atoms with Crippen molar-refractivity contribution in [2.24, 2.45) is 5.92 Å². The van der Waals surface area contributed by atoms with Gasteiger partial charge in [-0.15, -0.1) is 0 Å². The summed E-state index contributed by atoms with van der Waals surface area (Å²) in [4.78, 5) is 49.8. The van der Waals surface area contributed by atoms with E-state index in [1.54, 1.807) is 25.1 Å². The molecule has 0 aliphatic carbocycles. The fourth-order valence-electron chi connectivity index (χ4n) is 7.69. The van der Waals surface area contributed by atoms with E-state index in [0.717, 1.165) is 29.3 Å². The SMILES string of the molecule is CCN(C)S(=O)(=O)Nc1ccc(F)c(Oc2ccc3ncc(OCC4CCN(C(=O)CN5CCC(c6ccc(NC7CCC(=O)NC7=O)cc6F)CC5)CC4)nc3c2)c1C#N. The van der Waals surface area contributed by atoms with Gasteiger partial charge < -0.3 is 19.7 Å². The van der Waals surface area contributed by atoms with E-state index in [4.69, 9.17) is 9.47 Å². The van der Waals surface area contributed by atoms with Crippen molar-refractivity contribution in [1.82, 2.24) is 29.4 Å². The lowest BCUT2D eigenvalue weighted by Gasteiger charge is -2.36. The Hall–Kier alpha value is -5.97. The van der Waals surface area contributed by atoms with Gasteiger partial charge in [-0.25, -0.2) is 18.7 Å². The van der Waals surface area contributed by atoms with Crippen LogP contribution in [0.4, 0.5) is 20.2 Å². The Balaban J connectivity index is 0.868. The Bertz CT molecular complexity index is 2450. The molecule has 4 heterocycles. The van der Waals surface area contributed by atoms with Gasteiger partial charge in [0.05, 0.1) is 36.1 Å². The molecule has 0 radical (unpaired) electrons. The number of rotatable bonds is 14. The van der Waals surface area contributed by atoms with Gasteiger partial charge in [0.15, 0.2) is 11.6 Å². The van der Waals surface area contributed by atoms with Crippen LogP contribution in [0, 0.1) is 28.9 Å². The number of ether oxygens (including phenoxy) is 2. The number of nitriles is 1. The molecule has 0 bridgehead atoms. The molecule has 3 fully saturated rings. The van der Waals surface area contributed by atoms with Crippen LogP contribution in [0.5, 0.6) is 17.4 Å². The Labute approximate surface area is 352 Å². The second-order valence-electron chi connectivity index (χ2n) is 15.5. The Morgan fingerprint density at radius 3 is 2.48 bits per heavy atom. The highest BCUT2D eigenvalue weighted by molar-refractivity contribution is 7.90. The molecule has 0 saturated carbocycles. The lowest BCUT2D eigenvalue weighted by Crippen LogP contribution is -2.47. The number of nitrogens with zero attached hydrogens (tertiary/aromatic N) is 6. The summed E-state index contributed by atoms with van der Waals surface area (Å²) in [5.74, 6) is -1.70. The third kappa shape index (κ3) is 10.3. The van der Waals surface area contributed by atoms with E-state index in [-0.39, 0.29) is 65.3 Å². The van der Waals surface area contributed by atoms with Crippen LogP contribution in [0.3, 0.4) is 0 Å². The highest BCUT2D eigenvalue weighted by atomic mass is 32.2. The van der Waals surface area contributed by atoms with E-state index in [9.17, 15) is 32.5 Å². The topological polar surface area (TPSA) is 199 Å². The number of carbonyl (C=O) groups is 3. The smallest absolute Gasteiger partial charge is 0.301 e. The maximum atomic E-state index is 15.2. The first-order valence-corrected chi connectivity index (χ1v) is 21.7. The van der Waals surface area contributed by atoms with E-state index < -0.39 is 33.7 Å². The first kappa shape index (κ1) is 43.1. The molecule has 0 spiro atoms. The number of aromatic nitrogens is 2. The van der Waals surface area contributed by atoms with Crippen LogP contribution in [0.15, 0.2) is 54.7 Å². The zero-order chi connectivity index (χ0) is 43.3. The summed E-state index contributed by atoms with van der Waals surface area (Å²) in [6.07, 6.45) is 5.02. The number of halogens is 2. The number of nitrogens with one attached hydrogen (secondary N) is 3. The zero-order valence-corrected chi connectivity index (χ0v) is 34.6. The average molecular weight is 860 g/mol. The standard InChI is InChI=1S/C42H47F2N9O7S/c1-3-51(2)61(57,58)50-34-9-7-32(43)41(31(34)22-45)60-29-5-8-35-37(21-29)48-39(23-46-35)59-25-26-12-18-53(19-13-26)40(55)24-52-16-14-27(15-17-52)30-6-4-28(20-33(30)44)47-36-10-11-38(54)49-42(36)56/h4-9,20-21,23,26-27,36,47,50H,3,10-19,24-25H2,1-2H3,(H,49,54,56). The third-order valence-electron chi connectivity index (χ3n) is 11.4. The van der Waals surface area contributed by atoms with Gasteiger partial charge >= 0.3 is 10.2 Å². The molecule has 16 nitrogen and oxygen atoms in total. The first-order valence-electron chi connectivity index (χ1n) is 20.2. The number of amides is 3.